The molecule has 0 atom stereocenters. The summed E-state index contributed by atoms with van der Waals surface area (Å²) in [6, 6.07) is 17.5. The molecule has 5 heteroatoms. The van der Waals surface area contributed by atoms with Crippen LogP contribution in [0.2, 0.25) is 0 Å². The Morgan fingerprint density at radius 1 is 1.00 bits per heavy atom. The summed E-state index contributed by atoms with van der Waals surface area (Å²) in [5.74, 6) is -1.37. The number of hydrogen-bond acceptors (Lipinski definition) is 3. The Labute approximate surface area is 131 Å². The van der Waals surface area contributed by atoms with E-state index in [0.717, 1.165) is 5.39 Å². The summed E-state index contributed by atoms with van der Waals surface area (Å²) in [5.41, 5.74) is 0.778. The van der Waals surface area contributed by atoms with Gasteiger partial charge in [0, 0.05) is 17.0 Å². The van der Waals surface area contributed by atoms with E-state index in [4.69, 9.17) is 4.42 Å². The lowest BCUT2D eigenvalue weighted by Gasteiger charge is -2.05. The van der Waals surface area contributed by atoms with Gasteiger partial charge in [-0.2, -0.15) is 0 Å². The molecule has 0 aliphatic rings. The number of carboxylic acids is 1. The number of carbonyl (C=O) groups excluding carboxylic acids is 1. The zero-order valence-electron chi connectivity index (χ0n) is 12.0. The fourth-order valence-electron chi connectivity index (χ4n) is 2.15. The highest BCUT2D eigenvalue weighted by atomic mass is 16.4. The molecule has 0 aliphatic heterocycles. The molecule has 114 valence electrons. The lowest BCUT2D eigenvalue weighted by Crippen LogP contribution is -2.27. The van der Waals surface area contributed by atoms with Gasteiger partial charge < -0.3 is 14.8 Å². The predicted octanol–water partition coefficient (Wildman–Crippen LogP) is 3.29. The van der Waals surface area contributed by atoms with Crippen LogP contribution in [0, 0.1) is 0 Å². The highest BCUT2D eigenvalue weighted by molar-refractivity contribution is 6.02. The number of nitrogens with one attached hydrogen (secondary N) is 1. The first-order chi connectivity index (χ1) is 11.1. The van der Waals surface area contributed by atoms with Crippen LogP contribution in [-0.2, 0) is 4.79 Å². The second kappa shape index (κ2) is 6.19. The maximum Gasteiger partial charge on any atom is 0.352 e. The van der Waals surface area contributed by atoms with E-state index >= 15 is 0 Å². The SMILES string of the molecule is O=C(O)C(=Cc1cc2ccccc2o1)NC(=O)c1ccccc1. The van der Waals surface area contributed by atoms with Crippen molar-refractivity contribution >= 4 is 28.9 Å². The van der Waals surface area contributed by atoms with E-state index in [1.54, 1.807) is 42.5 Å². The van der Waals surface area contributed by atoms with Crippen molar-refractivity contribution in [3.05, 3.63) is 77.7 Å². The highest BCUT2D eigenvalue weighted by Gasteiger charge is 2.14. The molecular formula is C18H13NO4. The monoisotopic (exact) mass is 307 g/mol. The van der Waals surface area contributed by atoms with Crippen molar-refractivity contribution in [1.82, 2.24) is 5.32 Å². The fourth-order valence-corrected chi connectivity index (χ4v) is 2.15. The van der Waals surface area contributed by atoms with Crippen molar-refractivity contribution in [2.24, 2.45) is 0 Å². The predicted molar refractivity (Wildman–Crippen MR) is 85.7 cm³/mol. The van der Waals surface area contributed by atoms with Gasteiger partial charge in [-0.25, -0.2) is 4.79 Å². The van der Waals surface area contributed by atoms with Gasteiger partial charge in [-0.05, 0) is 24.3 Å². The third kappa shape index (κ3) is 3.29. The van der Waals surface area contributed by atoms with Crippen LogP contribution < -0.4 is 5.32 Å². The number of rotatable bonds is 4. The molecule has 23 heavy (non-hydrogen) atoms. The van der Waals surface area contributed by atoms with Crippen LogP contribution in [0.5, 0.6) is 0 Å². The standard InChI is InChI=1S/C18H13NO4/c20-17(12-6-2-1-3-7-12)19-15(18(21)22)11-14-10-13-8-4-5-9-16(13)23-14/h1-11H,(H,19,20)(H,21,22). The summed E-state index contributed by atoms with van der Waals surface area (Å²) in [7, 11) is 0. The number of aliphatic carboxylic acids is 1. The molecule has 1 amide bonds. The van der Waals surface area contributed by atoms with Crippen LogP contribution in [0.1, 0.15) is 16.1 Å². The van der Waals surface area contributed by atoms with Crippen LogP contribution in [0.25, 0.3) is 17.0 Å². The number of fused-ring (bicyclic) bond motifs is 1. The van der Waals surface area contributed by atoms with Gasteiger partial charge in [0.05, 0.1) is 0 Å². The number of para-hydroxylation sites is 1. The highest BCUT2D eigenvalue weighted by Crippen LogP contribution is 2.20. The molecule has 3 aromatic rings. The van der Waals surface area contributed by atoms with Gasteiger partial charge in [0.1, 0.15) is 17.0 Å². The fraction of sp³-hybridized carbons (Fsp3) is 0. The molecule has 2 aromatic carbocycles. The Kier molecular flexibility index (Phi) is 3.93. The number of carboxylic acid groups (broad SMARTS) is 1. The molecule has 1 heterocycles. The van der Waals surface area contributed by atoms with Gasteiger partial charge in [-0.1, -0.05) is 36.4 Å². The van der Waals surface area contributed by atoms with Gasteiger partial charge in [0.2, 0.25) is 0 Å². The summed E-state index contributed by atoms with van der Waals surface area (Å²) in [6.07, 6.45) is 1.29. The number of carbonyl (C=O) groups is 2. The van der Waals surface area contributed by atoms with Crippen LogP contribution in [0.4, 0.5) is 0 Å². The molecule has 2 N–H and O–H groups in total. The van der Waals surface area contributed by atoms with E-state index in [-0.39, 0.29) is 5.70 Å². The minimum atomic E-state index is -1.24. The van der Waals surface area contributed by atoms with Gasteiger partial charge in [-0.15, -0.1) is 0 Å². The minimum Gasteiger partial charge on any atom is -0.477 e. The number of benzene rings is 2. The molecule has 3 rings (SSSR count). The van der Waals surface area contributed by atoms with Crippen molar-refractivity contribution < 1.29 is 19.1 Å². The molecule has 0 aliphatic carbocycles. The van der Waals surface area contributed by atoms with E-state index in [1.165, 1.54) is 6.08 Å². The number of furan rings is 1. The molecule has 0 unspecified atom stereocenters. The van der Waals surface area contributed by atoms with E-state index in [1.807, 2.05) is 18.2 Å². The van der Waals surface area contributed by atoms with E-state index in [2.05, 4.69) is 5.32 Å². The Morgan fingerprint density at radius 2 is 1.70 bits per heavy atom. The Hall–Kier alpha value is -3.34. The first-order valence-electron chi connectivity index (χ1n) is 6.93. The average Bonchev–Trinajstić information content (AvgIpc) is 2.97. The number of amides is 1. The van der Waals surface area contributed by atoms with Crippen LogP contribution >= 0.6 is 0 Å². The number of hydrogen-bond donors (Lipinski definition) is 2. The van der Waals surface area contributed by atoms with E-state index < -0.39 is 11.9 Å². The molecule has 0 spiro atoms. The Bertz CT molecular complexity index is 861. The van der Waals surface area contributed by atoms with E-state index in [0.29, 0.717) is 16.9 Å². The maximum absolute atomic E-state index is 12.1. The lowest BCUT2D eigenvalue weighted by molar-refractivity contribution is -0.132. The van der Waals surface area contributed by atoms with E-state index in [9.17, 15) is 14.7 Å². The molecule has 0 radical (unpaired) electrons. The van der Waals surface area contributed by atoms with Gasteiger partial charge in [-0.3, -0.25) is 4.79 Å². The van der Waals surface area contributed by atoms with Crippen molar-refractivity contribution in [1.29, 1.82) is 0 Å². The molecular weight excluding hydrogens is 294 g/mol. The van der Waals surface area contributed by atoms with Gasteiger partial charge in [0.15, 0.2) is 0 Å². The average molecular weight is 307 g/mol. The second-order valence-corrected chi connectivity index (χ2v) is 4.87. The largest absolute Gasteiger partial charge is 0.477 e. The zero-order chi connectivity index (χ0) is 16.2. The smallest absolute Gasteiger partial charge is 0.352 e. The van der Waals surface area contributed by atoms with Crippen LogP contribution in [0.3, 0.4) is 0 Å². The topological polar surface area (TPSA) is 79.5 Å². The Balaban J connectivity index is 1.89. The quantitative estimate of drug-likeness (QED) is 0.725. The molecule has 1 aromatic heterocycles. The van der Waals surface area contributed by atoms with Crippen molar-refractivity contribution in [2.75, 3.05) is 0 Å². The summed E-state index contributed by atoms with van der Waals surface area (Å²) >= 11 is 0. The van der Waals surface area contributed by atoms with Crippen molar-refractivity contribution in [3.63, 3.8) is 0 Å². The van der Waals surface area contributed by atoms with Crippen LogP contribution in [0.15, 0.2) is 70.8 Å². The molecule has 5 nitrogen and oxygen atoms in total. The maximum atomic E-state index is 12.1. The third-order valence-corrected chi connectivity index (χ3v) is 3.25. The minimum absolute atomic E-state index is 0.252. The van der Waals surface area contributed by atoms with Crippen molar-refractivity contribution in [3.8, 4) is 0 Å². The zero-order valence-corrected chi connectivity index (χ0v) is 12.0. The Morgan fingerprint density at radius 3 is 2.39 bits per heavy atom. The van der Waals surface area contributed by atoms with Crippen LogP contribution in [-0.4, -0.2) is 17.0 Å². The molecule has 0 saturated carbocycles. The summed E-state index contributed by atoms with van der Waals surface area (Å²) in [4.78, 5) is 23.4. The molecule has 0 bridgehead atoms. The van der Waals surface area contributed by atoms with Crippen molar-refractivity contribution in [2.45, 2.75) is 0 Å². The normalized spacial score (nSPS) is 11.4. The van der Waals surface area contributed by atoms with Gasteiger partial charge in [0.25, 0.3) is 5.91 Å². The second-order valence-electron chi connectivity index (χ2n) is 4.87. The summed E-state index contributed by atoms with van der Waals surface area (Å²) in [6.45, 7) is 0. The summed E-state index contributed by atoms with van der Waals surface area (Å²) in [5, 5.41) is 12.5. The third-order valence-electron chi connectivity index (χ3n) is 3.25. The molecule has 0 fully saturated rings. The van der Waals surface area contributed by atoms with Gasteiger partial charge >= 0.3 is 5.97 Å². The summed E-state index contributed by atoms with van der Waals surface area (Å²) < 4.78 is 5.54. The first kappa shape index (κ1) is 14.6. The first-order valence-corrected chi connectivity index (χ1v) is 6.93. The molecule has 0 saturated heterocycles. The lowest BCUT2D eigenvalue weighted by atomic mass is 10.2.